The van der Waals surface area contributed by atoms with Gasteiger partial charge in [0.2, 0.25) is 0 Å². The van der Waals surface area contributed by atoms with Crippen LogP contribution in [-0.2, 0) is 6.42 Å². The number of hydrogen-bond donors (Lipinski definition) is 1. The van der Waals surface area contributed by atoms with Gasteiger partial charge >= 0.3 is 0 Å². The highest BCUT2D eigenvalue weighted by molar-refractivity contribution is 5.85. The van der Waals surface area contributed by atoms with Gasteiger partial charge in [0.1, 0.15) is 5.65 Å². The Hall–Kier alpha value is -1.06. The minimum atomic E-state index is 0. The van der Waals surface area contributed by atoms with Gasteiger partial charge in [-0.2, -0.15) is 0 Å². The van der Waals surface area contributed by atoms with Gasteiger partial charge in [-0.1, -0.05) is 6.07 Å². The van der Waals surface area contributed by atoms with E-state index in [1.807, 2.05) is 22.9 Å². The summed E-state index contributed by atoms with van der Waals surface area (Å²) in [7, 11) is 0. The van der Waals surface area contributed by atoms with E-state index < -0.39 is 0 Å². The summed E-state index contributed by atoms with van der Waals surface area (Å²) in [6.45, 7) is 2.72. The van der Waals surface area contributed by atoms with E-state index in [0.29, 0.717) is 6.54 Å². The van der Waals surface area contributed by atoms with Crippen molar-refractivity contribution in [1.29, 1.82) is 0 Å². The van der Waals surface area contributed by atoms with Crippen LogP contribution in [0.25, 0.3) is 5.65 Å². The van der Waals surface area contributed by atoms with E-state index in [-0.39, 0.29) is 12.4 Å². The first-order valence-corrected chi connectivity index (χ1v) is 4.44. The average Bonchev–Trinajstić information content (AvgIpc) is 2.49. The van der Waals surface area contributed by atoms with Crippen LogP contribution in [0, 0.1) is 6.92 Å². The number of hydrogen-bond acceptors (Lipinski definition) is 2. The van der Waals surface area contributed by atoms with Gasteiger partial charge in [0.25, 0.3) is 0 Å². The second kappa shape index (κ2) is 4.44. The number of halogens is 1. The number of aromatic nitrogens is 2. The fraction of sp³-hybridized carbons (Fsp3) is 0.300. The number of fused-ring (bicyclic) bond motifs is 1. The Morgan fingerprint density at radius 3 is 2.93 bits per heavy atom. The molecule has 2 aromatic heterocycles. The molecule has 14 heavy (non-hydrogen) atoms. The molecule has 2 aromatic rings. The lowest BCUT2D eigenvalue weighted by molar-refractivity contribution is 0.937. The summed E-state index contributed by atoms with van der Waals surface area (Å²) in [5.41, 5.74) is 8.77. The van der Waals surface area contributed by atoms with Crippen molar-refractivity contribution in [3.63, 3.8) is 0 Å². The molecular weight excluding hydrogens is 198 g/mol. The topological polar surface area (TPSA) is 43.3 Å². The lowest BCUT2D eigenvalue weighted by Gasteiger charge is -1.93. The lowest BCUT2D eigenvalue weighted by Crippen LogP contribution is -2.02. The minimum absolute atomic E-state index is 0. The van der Waals surface area contributed by atoms with E-state index in [4.69, 9.17) is 5.73 Å². The minimum Gasteiger partial charge on any atom is -0.330 e. The number of nitrogens with zero attached hydrogens (tertiary/aromatic N) is 2. The van der Waals surface area contributed by atoms with Crippen LogP contribution in [0.1, 0.15) is 11.3 Å². The highest BCUT2D eigenvalue weighted by Gasteiger charge is 2.01. The third-order valence-corrected chi connectivity index (χ3v) is 2.13. The Balaban J connectivity index is 0.000000980. The normalized spacial score (nSPS) is 10.1. The van der Waals surface area contributed by atoms with Crippen molar-refractivity contribution in [2.75, 3.05) is 6.54 Å². The molecule has 76 valence electrons. The van der Waals surface area contributed by atoms with Crippen molar-refractivity contribution >= 4 is 18.1 Å². The molecule has 0 saturated heterocycles. The molecule has 0 fully saturated rings. The predicted octanol–water partition coefficient (Wildman–Crippen LogP) is 1.57. The van der Waals surface area contributed by atoms with Crippen molar-refractivity contribution in [2.45, 2.75) is 13.3 Å². The zero-order chi connectivity index (χ0) is 9.26. The smallest absolute Gasteiger partial charge is 0.139 e. The molecule has 0 saturated carbocycles. The fourth-order valence-corrected chi connectivity index (χ4v) is 1.47. The van der Waals surface area contributed by atoms with Crippen LogP contribution >= 0.6 is 12.4 Å². The van der Waals surface area contributed by atoms with Gasteiger partial charge in [-0.3, -0.25) is 0 Å². The van der Waals surface area contributed by atoms with Crippen LogP contribution in [0.4, 0.5) is 0 Å². The molecule has 0 spiro atoms. The summed E-state index contributed by atoms with van der Waals surface area (Å²) < 4.78 is 2.04. The molecule has 0 amide bonds. The van der Waals surface area contributed by atoms with Gasteiger partial charge in [0.05, 0.1) is 5.69 Å². The van der Waals surface area contributed by atoms with Gasteiger partial charge in [-0.25, -0.2) is 4.98 Å². The molecule has 0 radical (unpaired) electrons. The van der Waals surface area contributed by atoms with E-state index >= 15 is 0 Å². The van der Waals surface area contributed by atoms with E-state index in [2.05, 4.69) is 18.0 Å². The Bertz CT molecular complexity index is 422. The van der Waals surface area contributed by atoms with Gasteiger partial charge in [0, 0.05) is 18.8 Å². The van der Waals surface area contributed by atoms with Crippen LogP contribution in [-0.4, -0.2) is 15.9 Å². The molecule has 3 nitrogen and oxygen atoms in total. The number of pyridine rings is 1. The third kappa shape index (κ3) is 1.89. The number of imidazole rings is 1. The van der Waals surface area contributed by atoms with Gasteiger partial charge in [-0.05, 0) is 25.1 Å². The van der Waals surface area contributed by atoms with Crippen molar-refractivity contribution in [2.24, 2.45) is 5.73 Å². The molecule has 0 unspecified atom stereocenters. The summed E-state index contributed by atoms with van der Waals surface area (Å²) in [6.07, 6.45) is 4.89. The molecule has 2 heterocycles. The lowest BCUT2D eigenvalue weighted by atomic mass is 10.3. The Morgan fingerprint density at radius 1 is 1.50 bits per heavy atom. The van der Waals surface area contributed by atoms with Crippen LogP contribution < -0.4 is 5.73 Å². The first-order valence-electron chi connectivity index (χ1n) is 4.44. The second-order valence-corrected chi connectivity index (χ2v) is 3.19. The first kappa shape index (κ1) is 11.0. The van der Waals surface area contributed by atoms with Gasteiger partial charge < -0.3 is 10.1 Å². The number of rotatable bonds is 2. The summed E-state index contributed by atoms with van der Waals surface area (Å²) >= 11 is 0. The summed E-state index contributed by atoms with van der Waals surface area (Å²) in [4.78, 5) is 4.48. The highest BCUT2D eigenvalue weighted by Crippen LogP contribution is 2.09. The van der Waals surface area contributed by atoms with E-state index in [9.17, 15) is 0 Å². The second-order valence-electron chi connectivity index (χ2n) is 3.19. The van der Waals surface area contributed by atoms with Crippen LogP contribution in [0.3, 0.4) is 0 Å². The summed E-state index contributed by atoms with van der Waals surface area (Å²) in [5, 5.41) is 0. The fourth-order valence-electron chi connectivity index (χ4n) is 1.47. The molecule has 0 atom stereocenters. The maximum Gasteiger partial charge on any atom is 0.139 e. The Kier molecular flexibility index (Phi) is 3.49. The van der Waals surface area contributed by atoms with Gasteiger partial charge in [-0.15, -0.1) is 12.4 Å². The molecule has 2 N–H and O–H groups in total. The zero-order valence-electron chi connectivity index (χ0n) is 8.10. The summed E-state index contributed by atoms with van der Waals surface area (Å²) in [6, 6.07) is 4.09. The molecule has 0 aliphatic carbocycles. The quantitative estimate of drug-likeness (QED) is 0.820. The SMILES string of the molecule is Cc1cccn2cc(CCN)nc12.Cl. The molecule has 0 aromatic carbocycles. The van der Waals surface area contributed by atoms with E-state index in [1.165, 1.54) is 5.56 Å². The molecule has 2 rings (SSSR count). The monoisotopic (exact) mass is 211 g/mol. The van der Waals surface area contributed by atoms with E-state index in [1.54, 1.807) is 0 Å². The van der Waals surface area contributed by atoms with Gasteiger partial charge in [0.15, 0.2) is 0 Å². The predicted molar refractivity (Wildman–Crippen MR) is 59.9 cm³/mol. The van der Waals surface area contributed by atoms with Crippen LogP contribution in [0.5, 0.6) is 0 Å². The molecule has 4 heteroatoms. The first-order chi connectivity index (χ1) is 6.31. The maximum atomic E-state index is 5.47. The highest BCUT2D eigenvalue weighted by atomic mass is 35.5. The van der Waals surface area contributed by atoms with Crippen molar-refractivity contribution in [3.8, 4) is 0 Å². The van der Waals surface area contributed by atoms with Crippen molar-refractivity contribution in [1.82, 2.24) is 9.38 Å². The van der Waals surface area contributed by atoms with Crippen LogP contribution in [0.2, 0.25) is 0 Å². The van der Waals surface area contributed by atoms with E-state index in [0.717, 1.165) is 17.8 Å². The zero-order valence-corrected chi connectivity index (χ0v) is 8.92. The number of nitrogens with two attached hydrogens (primary N) is 1. The average molecular weight is 212 g/mol. The third-order valence-electron chi connectivity index (χ3n) is 2.13. The standard InChI is InChI=1S/C10H13N3.ClH/c1-8-3-2-6-13-7-9(4-5-11)12-10(8)13;/h2-3,6-7H,4-5,11H2,1H3;1H. The molecular formula is C10H14ClN3. The Morgan fingerprint density at radius 2 is 2.29 bits per heavy atom. The van der Waals surface area contributed by atoms with Crippen LogP contribution in [0.15, 0.2) is 24.5 Å². The van der Waals surface area contributed by atoms with Crippen molar-refractivity contribution in [3.05, 3.63) is 35.8 Å². The largest absolute Gasteiger partial charge is 0.330 e. The summed E-state index contributed by atoms with van der Waals surface area (Å²) in [5.74, 6) is 0. The maximum absolute atomic E-state index is 5.47. The molecule has 0 bridgehead atoms. The molecule has 0 aliphatic rings. The van der Waals surface area contributed by atoms with Crippen molar-refractivity contribution < 1.29 is 0 Å². The molecule has 0 aliphatic heterocycles. The number of aryl methyl sites for hydroxylation is 1. The Labute approximate surface area is 89.4 Å².